The van der Waals surface area contributed by atoms with E-state index >= 15 is 0 Å². The van der Waals surface area contributed by atoms with Crippen LogP contribution in [0.15, 0.2) is 20.9 Å². The second kappa shape index (κ2) is 25.3. The van der Waals surface area contributed by atoms with Gasteiger partial charge in [0, 0.05) is 27.7 Å². The summed E-state index contributed by atoms with van der Waals surface area (Å²) in [5.41, 5.74) is 8.01. The first kappa shape index (κ1) is 40.5. The Hall–Kier alpha value is -2.72. The number of nitrogens with zero attached hydrogens (tertiary/aromatic N) is 4. The molecule has 1 aromatic heterocycles. The molecule has 0 amide bonds. The monoisotopic (exact) mass is 682 g/mol. The molecule has 4 atom stereocenters. The molecule has 2 rings (SSSR count). The van der Waals surface area contributed by atoms with E-state index in [2.05, 4.69) is 26.5 Å². The number of rotatable bonds is 27. The lowest BCUT2D eigenvalue weighted by Gasteiger charge is -2.14. The number of aryl methyl sites for hydroxylation is 1. The third kappa shape index (κ3) is 17.8. The number of aromatic amines is 1. The summed E-state index contributed by atoms with van der Waals surface area (Å²) < 4.78 is 33.9. The predicted molar refractivity (Wildman–Crippen MR) is 182 cm³/mol. The fraction of sp³-hybridized carbons (Fsp3) is 0.848. The van der Waals surface area contributed by atoms with Crippen molar-refractivity contribution in [1.82, 2.24) is 9.55 Å². The molecule has 1 aromatic rings. The zero-order valence-corrected chi connectivity index (χ0v) is 29.5. The lowest BCUT2D eigenvalue weighted by molar-refractivity contribution is -0.0235. The predicted octanol–water partition coefficient (Wildman–Crippen LogP) is 9.46. The first-order valence-corrected chi connectivity index (χ1v) is 18.9. The summed E-state index contributed by atoms with van der Waals surface area (Å²) in [5.74, 6) is 0. The lowest BCUT2D eigenvalue weighted by atomic mass is 10.0. The molecule has 47 heavy (non-hydrogen) atoms. The van der Waals surface area contributed by atoms with Crippen LogP contribution in [0.2, 0.25) is 0 Å². The highest BCUT2D eigenvalue weighted by Gasteiger charge is 2.40. The second-order valence-electron chi connectivity index (χ2n) is 12.5. The van der Waals surface area contributed by atoms with Gasteiger partial charge in [0.05, 0.1) is 18.8 Å². The van der Waals surface area contributed by atoms with Crippen LogP contribution >= 0.6 is 8.25 Å². The van der Waals surface area contributed by atoms with E-state index < -0.39 is 44.0 Å². The molecular formula is C33H57N5O8P+. The molecule has 1 aliphatic heterocycles. The molecule has 2 heterocycles. The summed E-state index contributed by atoms with van der Waals surface area (Å²) in [7, 11) is -2.85. The van der Waals surface area contributed by atoms with Crippen molar-refractivity contribution in [2.75, 3.05) is 13.2 Å². The molecule has 0 bridgehead atoms. The first-order valence-electron chi connectivity index (χ1n) is 17.8. The number of aromatic nitrogens is 2. The molecule has 0 aliphatic carbocycles. The number of carbonyl (C=O) groups excluding carboxylic acids is 1. The lowest BCUT2D eigenvalue weighted by Crippen LogP contribution is -2.33. The summed E-state index contributed by atoms with van der Waals surface area (Å²) in [5, 5.41) is 3.67. The molecule has 1 fully saturated rings. The van der Waals surface area contributed by atoms with Crippen LogP contribution in [0.3, 0.4) is 0 Å². The summed E-state index contributed by atoms with van der Waals surface area (Å²) in [6.45, 7) is 3.66. The average Bonchev–Trinajstić information content (AvgIpc) is 3.44. The fourth-order valence-corrected chi connectivity index (χ4v) is 6.28. The molecule has 1 unspecified atom stereocenters. The van der Waals surface area contributed by atoms with Crippen molar-refractivity contribution in [2.45, 2.75) is 167 Å². The standard InChI is InChI=1S/C33H56N5O8P/c1-3-4-5-6-7-8-9-10-11-12-13-14-15-16-17-18-19-20-21-22-23-43-33(41)46-47(42)44-26-29-28(36-37-34)24-30(45-29)38-25-27(2)31(39)35-32(38)40/h25,28-30H,3-24,26H2,1-2H3/p+1/t28-,29+,30+/m0/s1. The Morgan fingerprint density at radius 3 is 1.96 bits per heavy atom. The van der Waals surface area contributed by atoms with Gasteiger partial charge in [0.25, 0.3) is 5.56 Å². The van der Waals surface area contributed by atoms with Gasteiger partial charge in [-0.15, -0.1) is 9.05 Å². The van der Waals surface area contributed by atoms with Crippen molar-refractivity contribution in [3.8, 4) is 0 Å². The summed E-state index contributed by atoms with van der Waals surface area (Å²) in [4.78, 5) is 40.7. The molecule has 13 nitrogen and oxygen atoms in total. The Bertz CT molecular complexity index is 1200. The normalized spacial score (nSPS) is 17.7. The topological polar surface area (TPSA) is 175 Å². The molecule has 0 radical (unpaired) electrons. The van der Waals surface area contributed by atoms with Crippen molar-refractivity contribution in [1.29, 1.82) is 0 Å². The molecule has 1 saturated heterocycles. The van der Waals surface area contributed by atoms with E-state index in [9.17, 15) is 18.9 Å². The maximum Gasteiger partial charge on any atom is 0.756 e. The Morgan fingerprint density at radius 1 is 0.936 bits per heavy atom. The van der Waals surface area contributed by atoms with Crippen LogP contribution in [-0.4, -0.2) is 41.1 Å². The first-order chi connectivity index (χ1) is 22.8. The van der Waals surface area contributed by atoms with Gasteiger partial charge in [-0.3, -0.25) is 14.3 Å². The number of carbonyl (C=O) groups is 1. The zero-order valence-electron chi connectivity index (χ0n) is 28.6. The molecule has 266 valence electrons. The van der Waals surface area contributed by atoms with Crippen LogP contribution in [0.4, 0.5) is 4.79 Å². The molecule has 1 aliphatic rings. The number of ether oxygens (including phenoxy) is 2. The van der Waals surface area contributed by atoms with E-state index in [1.165, 1.54) is 120 Å². The summed E-state index contributed by atoms with van der Waals surface area (Å²) in [6, 6.07) is -0.737. The third-order valence-electron chi connectivity index (χ3n) is 8.57. The number of unbranched alkanes of at least 4 members (excludes halogenated alkanes) is 19. The zero-order chi connectivity index (χ0) is 34.1. The van der Waals surface area contributed by atoms with Crippen molar-refractivity contribution in [2.24, 2.45) is 5.11 Å². The van der Waals surface area contributed by atoms with E-state index in [0.29, 0.717) is 12.0 Å². The van der Waals surface area contributed by atoms with Gasteiger partial charge in [-0.05, 0) is 18.9 Å². The van der Waals surface area contributed by atoms with Crippen LogP contribution in [0.5, 0.6) is 0 Å². The minimum absolute atomic E-state index is 0.128. The van der Waals surface area contributed by atoms with Crippen molar-refractivity contribution < 1.29 is 27.9 Å². The molecule has 0 aromatic carbocycles. The van der Waals surface area contributed by atoms with Crippen LogP contribution in [-0.2, 0) is 23.1 Å². The Morgan fingerprint density at radius 2 is 1.45 bits per heavy atom. The van der Waals surface area contributed by atoms with Crippen molar-refractivity contribution in [3.05, 3.63) is 43.0 Å². The van der Waals surface area contributed by atoms with Crippen LogP contribution in [0, 0.1) is 6.92 Å². The van der Waals surface area contributed by atoms with Gasteiger partial charge in [0.2, 0.25) is 0 Å². The van der Waals surface area contributed by atoms with Crippen LogP contribution < -0.4 is 11.2 Å². The SMILES string of the molecule is CCCCCCCCCCCCCCCCCCCCCCOC(=O)O[P+](=O)OC[C@H]1O[C@@H](n2cc(C)c(=O)[nH]c2=O)C[C@@H]1N=[N+]=[N-]. The largest absolute Gasteiger partial charge is 0.756 e. The molecule has 1 N–H and O–H groups in total. The number of nitrogens with one attached hydrogen (secondary N) is 1. The van der Waals surface area contributed by atoms with Gasteiger partial charge in [-0.2, -0.15) is 4.79 Å². The van der Waals surface area contributed by atoms with Gasteiger partial charge < -0.3 is 9.47 Å². The quantitative estimate of drug-likeness (QED) is 0.0238. The van der Waals surface area contributed by atoms with E-state index in [1.54, 1.807) is 6.92 Å². The van der Waals surface area contributed by atoms with Gasteiger partial charge in [0.15, 0.2) is 0 Å². The van der Waals surface area contributed by atoms with E-state index in [-0.39, 0.29) is 19.6 Å². The Balaban J connectivity index is 1.43. The number of hydrogen-bond donors (Lipinski definition) is 1. The van der Waals surface area contributed by atoms with Gasteiger partial charge in [-0.1, -0.05) is 134 Å². The van der Waals surface area contributed by atoms with E-state index in [1.807, 2.05) is 0 Å². The van der Waals surface area contributed by atoms with Gasteiger partial charge in [0.1, 0.15) is 12.8 Å². The fourth-order valence-electron chi connectivity index (χ4n) is 5.78. The number of H-pyrrole nitrogens is 1. The highest BCUT2D eigenvalue weighted by Crippen LogP contribution is 2.33. The molecule has 14 heteroatoms. The van der Waals surface area contributed by atoms with E-state index in [4.69, 9.17) is 19.5 Å². The van der Waals surface area contributed by atoms with Crippen molar-refractivity contribution in [3.63, 3.8) is 0 Å². The third-order valence-corrected chi connectivity index (χ3v) is 9.23. The Labute approximate surface area is 280 Å². The van der Waals surface area contributed by atoms with Crippen LogP contribution in [0.1, 0.15) is 154 Å². The van der Waals surface area contributed by atoms with E-state index in [0.717, 1.165) is 12.8 Å². The summed E-state index contributed by atoms with van der Waals surface area (Å²) in [6.07, 6.45) is 24.4. The van der Waals surface area contributed by atoms with Gasteiger partial charge in [-0.25, -0.2) is 4.79 Å². The highest BCUT2D eigenvalue weighted by atomic mass is 31.1. The Kier molecular flexibility index (Phi) is 21.8. The molecular weight excluding hydrogens is 625 g/mol. The van der Waals surface area contributed by atoms with Crippen LogP contribution in [0.25, 0.3) is 10.4 Å². The number of azide groups is 1. The maximum absolute atomic E-state index is 12.2. The minimum Gasteiger partial charge on any atom is -0.431 e. The highest BCUT2D eigenvalue weighted by molar-refractivity contribution is 7.34. The number of hydrogen-bond acceptors (Lipinski definition) is 9. The second-order valence-corrected chi connectivity index (χ2v) is 13.4. The summed E-state index contributed by atoms with van der Waals surface area (Å²) >= 11 is 0. The maximum atomic E-state index is 12.2. The molecule has 0 spiro atoms. The van der Waals surface area contributed by atoms with Gasteiger partial charge >= 0.3 is 20.1 Å². The van der Waals surface area contributed by atoms with Crippen molar-refractivity contribution >= 4 is 14.4 Å². The minimum atomic E-state index is -2.85. The molecule has 0 saturated carbocycles. The average molecular weight is 683 g/mol. The smallest absolute Gasteiger partial charge is 0.431 e.